The van der Waals surface area contributed by atoms with Crippen molar-refractivity contribution >= 4 is 39.6 Å². The number of pyridine rings is 1. The van der Waals surface area contributed by atoms with Crippen LogP contribution in [0, 0.1) is 5.92 Å². The highest BCUT2D eigenvalue weighted by molar-refractivity contribution is 9.10. The van der Waals surface area contributed by atoms with E-state index in [1.807, 2.05) is 11.0 Å². The summed E-state index contributed by atoms with van der Waals surface area (Å²) in [6.07, 6.45) is 10.1. The highest BCUT2D eigenvalue weighted by Gasteiger charge is 2.50. The Kier molecular flexibility index (Phi) is 6.91. The van der Waals surface area contributed by atoms with Gasteiger partial charge in [-0.3, -0.25) is 14.5 Å². The van der Waals surface area contributed by atoms with Gasteiger partial charge in [0.25, 0.3) is 5.91 Å². The summed E-state index contributed by atoms with van der Waals surface area (Å²) in [7, 11) is 0. The van der Waals surface area contributed by atoms with Gasteiger partial charge >= 0.3 is 6.03 Å². The number of anilines is 1. The SMILES string of the molecule is O=C(Nc1ccc(Br)cn1)C1CCCN(CN2C(=O)NC3(CCCCCCC3)C2=O)C1. The van der Waals surface area contributed by atoms with E-state index in [9.17, 15) is 14.4 Å². The van der Waals surface area contributed by atoms with E-state index in [0.717, 1.165) is 62.4 Å². The second kappa shape index (κ2) is 9.65. The Morgan fingerprint density at radius 2 is 1.90 bits per heavy atom. The number of halogens is 1. The third kappa shape index (κ3) is 5.09. The van der Waals surface area contributed by atoms with E-state index in [0.29, 0.717) is 12.4 Å². The second-order valence-corrected chi connectivity index (χ2v) is 9.84. The zero-order valence-electron chi connectivity index (χ0n) is 17.7. The number of likely N-dealkylation sites (tertiary alicyclic amines) is 1. The number of nitrogens with zero attached hydrogens (tertiary/aromatic N) is 3. The van der Waals surface area contributed by atoms with E-state index >= 15 is 0 Å². The van der Waals surface area contributed by atoms with Crippen molar-refractivity contribution in [2.24, 2.45) is 5.92 Å². The first-order valence-electron chi connectivity index (χ1n) is 11.3. The van der Waals surface area contributed by atoms with Crippen LogP contribution in [0.15, 0.2) is 22.8 Å². The molecule has 1 saturated carbocycles. The van der Waals surface area contributed by atoms with E-state index in [4.69, 9.17) is 0 Å². The molecule has 0 bridgehead atoms. The van der Waals surface area contributed by atoms with Crippen LogP contribution in [0.25, 0.3) is 0 Å². The van der Waals surface area contributed by atoms with Gasteiger partial charge in [0.2, 0.25) is 5.91 Å². The molecule has 1 spiro atoms. The first kappa shape index (κ1) is 22.2. The van der Waals surface area contributed by atoms with Crippen LogP contribution < -0.4 is 10.6 Å². The Balaban J connectivity index is 1.36. The van der Waals surface area contributed by atoms with Crippen molar-refractivity contribution in [3.8, 4) is 0 Å². The number of urea groups is 1. The molecule has 2 saturated heterocycles. The van der Waals surface area contributed by atoms with Gasteiger partial charge in [0, 0.05) is 17.2 Å². The van der Waals surface area contributed by atoms with Gasteiger partial charge in [-0.25, -0.2) is 14.7 Å². The number of nitrogens with one attached hydrogen (secondary N) is 2. The lowest BCUT2D eigenvalue weighted by Crippen LogP contribution is -2.50. The number of amides is 4. The Bertz CT molecular complexity index is 823. The van der Waals surface area contributed by atoms with Crippen molar-refractivity contribution in [1.82, 2.24) is 20.1 Å². The molecule has 4 rings (SSSR count). The van der Waals surface area contributed by atoms with Gasteiger partial charge in [0.1, 0.15) is 11.4 Å². The van der Waals surface area contributed by atoms with E-state index in [2.05, 4.69) is 31.5 Å². The van der Waals surface area contributed by atoms with Gasteiger partial charge in [-0.15, -0.1) is 0 Å². The number of piperidine rings is 1. The van der Waals surface area contributed by atoms with Gasteiger partial charge < -0.3 is 10.6 Å². The first-order valence-corrected chi connectivity index (χ1v) is 12.0. The molecule has 31 heavy (non-hydrogen) atoms. The molecule has 2 N–H and O–H groups in total. The minimum absolute atomic E-state index is 0.0757. The summed E-state index contributed by atoms with van der Waals surface area (Å²) in [6, 6.07) is 3.29. The topological polar surface area (TPSA) is 94.6 Å². The van der Waals surface area contributed by atoms with Crippen molar-refractivity contribution in [2.75, 3.05) is 25.1 Å². The molecule has 2 aliphatic heterocycles. The molecule has 1 aromatic heterocycles. The molecule has 3 aliphatic rings. The molecule has 3 fully saturated rings. The van der Waals surface area contributed by atoms with Crippen molar-refractivity contribution in [3.05, 3.63) is 22.8 Å². The molecule has 0 aromatic carbocycles. The zero-order chi connectivity index (χ0) is 21.8. The molecule has 9 heteroatoms. The van der Waals surface area contributed by atoms with E-state index in [-0.39, 0.29) is 30.4 Å². The van der Waals surface area contributed by atoms with Gasteiger partial charge in [-0.05, 0) is 60.3 Å². The number of aromatic nitrogens is 1. The fraction of sp³-hybridized carbons (Fsp3) is 0.636. The summed E-state index contributed by atoms with van der Waals surface area (Å²) in [6.45, 7) is 1.53. The summed E-state index contributed by atoms with van der Waals surface area (Å²) in [5.41, 5.74) is -0.725. The number of carbonyl (C=O) groups is 3. The summed E-state index contributed by atoms with van der Waals surface area (Å²) in [5, 5.41) is 5.89. The average molecular weight is 492 g/mol. The van der Waals surface area contributed by atoms with E-state index < -0.39 is 5.54 Å². The lowest BCUT2D eigenvalue weighted by Gasteiger charge is -2.34. The van der Waals surface area contributed by atoms with E-state index in [1.54, 1.807) is 12.3 Å². The van der Waals surface area contributed by atoms with Gasteiger partial charge in [0.05, 0.1) is 12.6 Å². The minimum atomic E-state index is -0.725. The number of hydrogen-bond donors (Lipinski definition) is 2. The largest absolute Gasteiger partial charge is 0.326 e. The molecule has 8 nitrogen and oxygen atoms in total. The molecular weight excluding hydrogens is 462 g/mol. The van der Waals surface area contributed by atoms with Crippen LogP contribution in [0.1, 0.15) is 57.8 Å². The maximum Gasteiger partial charge on any atom is 0.326 e. The van der Waals surface area contributed by atoms with Gasteiger partial charge in [0.15, 0.2) is 0 Å². The Morgan fingerprint density at radius 1 is 1.16 bits per heavy atom. The van der Waals surface area contributed by atoms with Crippen LogP contribution in [0.3, 0.4) is 0 Å². The van der Waals surface area contributed by atoms with Crippen LogP contribution in [0.2, 0.25) is 0 Å². The molecule has 1 unspecified atom stereocenters. The molecular formula is C22H30BrN5O3. The standard InChI is InChI=1S/C22H30BrN5O3/c23-17-8-9-18(24-13-17)25-19(29)16-7-6-12-27(14-16)15-28-20(30)22(26-21(28)31)10-4-2-1-3-5-11-22/h8-9,13,16H,1-7,10-12,14-15H2,(H,26,31)(H,24,25,29). The lowest BCUT2D eigenvalue weighted by atomic mass is 9.84. The molecule has 1 atom stereocenters. The summed E-state index contributed by atoms with van der Waals surface area (Å²) in [5.74, 6) is 0.152. The summed E-state index contributed by atoms with van der Waals surface area (Å²) in [4.78, 5) is 46.3. The normalized spacial score (nSPS) is 24.5. The summed E-state index contributed by atoms with van der Waals surface area (Å²) < 4.78 is 0.852. The number of carbonyl (C=O) groups excluding carboxylic acids is 3. The van der Waals surface area contributed by atoms with Gasteiger partial charge in [-0.2, -0.15) is 0 Å². The van der Waals surface area contributed by atoms with Crippen LogP contribution >= 0.6 is 15.9 Å². The number of rotatable bonds is 4. The van der Waals surface area contributed by atoms with Crippen molar-refractivity contribution in [2.45, 2.75) is 63.3 Å². The minimum Gasteiger partial charge on any atom is -0.323 e. The highest BCUT2D eigenvalue weighted by Crippen LogP contribution is 2.32. The van der Waals surface area contributed by atoms with Crippen LogP contribution in [0.5, 0.6) is 0 Å². The quantitative estimate of drug-likeness (QED) is 0.628. The molecule has 0 radical (unpaired) electrons. The Hall–Kier alpha value is -2.00. The number of hydrogen-bond acceptors (Lipinski definition) is 5. The maximum atomic E-state index is 13.2. The van der Waals surface area contributed by atoms with E-state index in [1.165, 1.54) is 11.3 Å². The zero-order valence-corrected chi connectivity index (χ0v) is 19.3. The van der Waals surface area contributed by atoms with Crippen molar-refractivity contribution in [3.63, 3.8) is 0 Å². The number of imide groups is 1. The van der Waals surface area contributed by atoms with Crippen LogP contribution in [0.4, 0.5) is 10.6 Å². The second-order valence-electron chi connectivity index (χ2n) is 8.92. The first-order chi connectivity index (χ1) is 15.0. The lowest BCUT2D eigenvalue weighted by molar-refractivity contribution is -0.134. The average Bonchev–Trinajstić information content (AvgIpc) is 2.97. The van der Waals surface area contributed by atoms with Crippen LogP contribution in [-0.4, -0.2) is 57.9 Å². The van der Waals surface area contributed by atoms with Crippen molar-refractivity contribution < 1.29 is 14.4 Å². The molecule has 1 aromatic rings. The summed E-state index contributed by atoms with van der Waals surface area (Å²) >= 11 is 3.34. The third-order valence-corrected chi connectivity index (χ3v) is 7.12. The highest BCUT2D eigenvalue weighted by atomic mass is 79.9. The predicted molar refractivity (Wildman–Crippen MR) is 120 cm³/mol. The monoisotopic (exact) mass is 491 g/mol. The molecule has 168 valence electrons. The van der Waals surface area contributed by atoms with Crippen LogP contribution in [-0.2, 0) is 9.59 Å². The fourth-order valence-corrected chi connectivity index (χ4v) is 5.16. The molecule has 1 aliphatic carbocycles. The molecule has 3 heterocycles. The smallest absolute Gasteiger partial charge is 0.323 e. The Labute approximate surface area is 191 Å². The fourth-order valence-electron chi connectivity index (χ4n) is 4.93. The van der Waals surface area contributed by atoms with Crippen molar-refractivity contribution in [1.29, 1.82) is 0 Å². The molecule has 4 amide bonds. The predicted octanol–water partition coefficient (Wildman–Crippen LogP) is 3.49. The third-order valence-electron chi connectivity index (χ3n) is 6.65. The van der Waals surface area contributed by atoms with Gasteiger partial charge in [-0.1, -0.05) is 32.1 Å². The Morgan fingerprint density at radius 3 is 2.61 bits per heavy atom. The maximum absolute atomic E-state index is 13.2.